The molecule has 2 aliphatic carbocycles. The summed E-state index contributed by atoms with van der Waals surface area (Å²) in [6, 6.07) is 14.6. The van der Waals surface area contributed by atoms with Crippen LogP contribution in [0.4, 0.5) is 5.69 Å². The lowest BCUT2D eigenvalue weighted by Crippen LogP contribution is -2.52. The second-order valence-corrected chi connectivity index (χ2v) is 9.09. The number of rotatable bonds is 1. The fraction of sp³-hybridized carbons (Fsp3) is 0.417. The number of benzene rings is 2. The minimum atomic E-state index is -0.964. The molecule has 1 heterocycles. The van der Waals surface area contributed by atoms with Crippen LogP contribution in [-0.2, 0) is 29.6 Å². The van der Waals surface area contributed by atoms with Gasteiger partial charge in [0.2, 0.25) is 0 Å². The van der Waals surface area contributed by atoms with Crippen LogP contribution in [0.25, 0.3) is 0 Å². The summed E-state index contributed by atoms with van der Waals surface area (Å²) in [5.41, 5.74) is 16.9. The van der Waals surface area contributed by atoms with E-state index in [1.165, 1.54) is 16.7 Å². The molecular formula is C24H28N4O. The van der Waals surface area contributed by atoms with Gasteiger partial charge in [0.15, 0.2) is 11.5 Å². The summed E-state index contributed by atoms with van der Waals surface area (Å²) < 4.78 is 0. The molecule has 0 bridgehead atoms. The molecule has 0 saturated carbocycles. The third kappa shape index (κ3) is 2.33. The molecular weight excluding hydrogens is 360 g/mol. The number of hydrogen-bond acceptors (Lipinski definition) is 4. The van der Waals surface area contributed by atoms with Gasteiger partial charge >= 0.3 is 0 Å². The molecule has 5 heteroatoms. The Hall–Kier alpha value is -2.82. The highest BCUT2D eigenvalue weighted by Gasteiger charge is 2.66. The molecule has 150 valence electrons. The van der Waals surface area contributed by atoms with Crippen LogP contribution in [0.2, 0.25) is 0 Å². The standard InChI is InChI=1S/C24H28N4O/c1-15(2)28-21(29)24(27-22(28)26)20-13-19(25)8-7-18(20)14-23(24)11-9-16-5-3-4-6-17(16)10-12-23/h3-8,13,15H,9-12,14,25H2,1-2H3,(H2,26,27). The van der Waals surface area contributed by atoms with Gasteiger partial charge in [0.1, 0.15) is 0 Å². The van der Waals surface area contributed by atoms with E-state index in [2.05, 4.69) is 30.3 Å². The predicted octanol–water partition coefficient (Wildman–Crippen LogP) is 3.15. The van der Waals surface area contributed by atoms with Crippen molar-refractivity contribution in [2.24, 2.45) is 16.1 Å². The number of nitrogens with zero attached hydrogens (tertiary/aromatic N) is 2. The number of aryl methyl sites for hydroxylation is 2. The number of nitrogen functional groups attached to an aromatic ring is 1. The van der Waals surface area contributed by atoms with Gasteiger partial charge in [0, 0.05) is 17.1 Å². The first-order chi connectivity index (χ1) is 13.9. The normalized spacial score (nSPS) is 24.7. The lowest BCUT2D eigenvalue weighted by molar-refractivity contribution is -0.137. The zero-order chi connectivity index (χ0) is 20.4. The van der Waals surface area contributed by atoms with Crippen molar-refractivity contribution in [1.29, 1.82) is 0 Å². The molecule has 2 aromatic rings. The lowest BCUT2D eigenvalue weighted by atomic mass is 9.65. The number of carbonyl (C=O) groups excluding carboxylic acids is 1. The second-order valence-electron chi connectivity index (χ2n) is 9.09. The van der Waals surface area contributed by atoms with Crippen LogP contribution in [0, 0.1) is 5.41 Å². The van der Waals surface area contributed by atoms with E-state index in [-0.39, 0.29) is 17.4 Å². The van der Waals surface area contributed by atoms with E-state index in [0.29, 0.717) is 11.6 Å². The Morgan fingerprint density at radius 1 is 1.00 bits per heavy atom. The summed E-state index contributed by atoms with van der Waals surface area (Å²) in [6.45, 7) is 3.98. The van der Waals surface area contributed by atoms with Gasteiger partial charge in [-0.1, -0.05) is 30.3 Å². The van der Waals surface area contributed by atoms with Crippen LogP contribution >= 0.6 is 0 Å². The molecule has 5 nitrogen and oxygen atoms in total. The highest BCUT2D eigenvalue weighted by Crippen LogP contribution is 2.61. The third-order valence-corrected chi connectivity index (χ3v) is 7.26. The fourth-order valence-corrected chi connectivity index (χ4v) is 5.89. The van der Waals surface area contributed by atoms with Crippen molar-refractivity contribution < 1.29 is 4.79 Å². The smallest absolute Gasteiger partial charge is 0.262 e. The van der Waals surface area contributed by atoms with Crippen LogP contribution in [-0.4, -0.2) is 22.8 Å². The van der Waals surface area contributed by atoms with Gasteiger partial charge in [-0.05, 0) is 80.3 Å². The molecule has 1 atom stereocenters. The molecule has 4 N–H and O–H groups in total. The first kappa shape index (κ1) is 18.2. The average Bonchev–Trinajstić information content (AvgIpc) is 3.01. The van der Waals surface area contributed by atoms with E-state index >= 15 is 0 Å². The SMILES string of the molecule is CC(C)N1C(=O)C2(N=C1N)c1cc(N)ccc1CC21CCc2ccccc2CC1. The predicted molar refractivity (Wildman–Crippen MR) is 115 cm³/mol. The zero-order valence-corrected chi connectivity index (χ0v) is 17.1. The van der Waals surface area contributed by atoms with Gasteiger partial charge in [0.05, 0.1) is 0 Å². The maximum Gasteiger partial charge on any atom is 0.262 e. The zero-order valence-electron chi connectivity index (χ0n) is 17.1. The van der Waals surface area contributed by atoms with Crippen molar-refractivity contribution in [3.8, 4) is 0 Å². The van der Waals surface area contributed by atoms with Crippen LogP contribution in [0.3, 0.4) is 0 Å². The minimum Gasteiger partial charge on any atom is -0.399 e. The summed E-state index contributed by atoms with van der Waals surface area (Å²) in [4.78, 5) is 20.7. The summed E-state index contributed by atoms with van der Waals surface area (Å²) in [7, 11) is 0. The van der Waals surface area contributed by atoms with Gasteiger partial charge < -0.3 is 11.5 Å². The number of nitrogens with two attached hydrogens (primary N) is 2. The second kappa shape index (κ2) is 6.09. The van der Waals surface area contributed by atoms with E-state index in [1.54, 1.807) is 4.90 Å². The molecule has 0 radical (unpaired) electrons. The Morgan fingerprint density at radius 3 is 2.24 bits per heavy atom. The van der Waals surface area contributed by atoms with Crippen LogP contribution < -0.4 is 11.5 Å². The Kier molecular flexibility index (Phi) is 3.83. The van der Waals surface area contributed by atoms with Crippen molar-refractivity contribution in [2.45, 2.75) is 57.5 Å². The maximum atomic E-state index is 14.0. The van der Waals surface area contributed by atoms with Gasteiger partial charge in [0.25, 0.3) is 5.91 Å². The molecule has 2 aromatic carbocycles. The molecule has 1 amide bonds. The van der Waals surface area contributed by atoms with Crippen LogP contribution in [0.5, 0.6) is 0 Å². The first-order valence-corrected chi connectivity index (χ1v) is 10.5. The summed E-state index contributed by atoms with van der Waals surface area (Å²) in [6.07, 6.45) is 4.56. The molecule has 0 fully saturated rings. The molecule has 1 unspecified atom stereocenters. The molecule has 1 aliphatic heterocycles. The highest BCUT2D eigenvalue weighted by molar-refractivity contribution is 6.08. The molecule has 0 saturated heterocycles. The summed E-state index contributed by atoms with van der Waals surface area (Å²) in [5, 5.41) is 0. The van der Waals surface area contributed by atoms with E-state index in [4.69, 9.17) is 16.5 Å². The van der Waals surface area contributed by atoms with E-state index in [9.17, 15) is 4.79 Å². The largest absolute Gasteiger partial charge is 0.399 e. The van der Waals surface area contributed by atoms with Gasteiger partial charge in [-0.25, -0.2) is 4.99 Å². The molecule has 3 aliphatic rings. The molecule has 0 aromatic heterocycles. The summed E-state index contributed by atoms with van der Waals surface area (Å²) >= 11 is 0. The third-order valence-electron chi connectivity index (χ3n) is 7.26. The number of aliphatic imine (C=N–C) groups is 1. The number of hydrogen-bond donors (Lipinski definition) is 2. The number of amides is 1. The van der Waals surface area contributed by atoms with Gasteiger partial charge in [-0.3, -0.25) is 9.69 Å². The van der Waals surface area contributed by atoms with Crippen LogP contribution in [0.1, 0.15) is 48.9 Å². The van der Waals surface area contributed by atoms with Crippen molar-refractivity contribution in [3.63, 3.8) is 0 Å². The Bertz CT molecular complexity index is 1010. The Balaban J connectivity index is 1.70. The Morgan fingerprint density at radius 2 is 1.66 bits per heavy atom. The van der Waals surface area contributed by atoms with E-state index in [0.717, 1.165) is 37.7 Å². The fourth-order valence-electron chi connectivity index (χ4n) is 5.89. The molecule has 29 heavy (non-hydrogen) atoms. The van der Waals surface area contributed by atoms with Crippen molar-refractivity contribution >= 4 is 17.6 Å². The average molecular weight is 389 g/mol. The number of fused-ring (bicyclic) bond motifs is 4. The summed E-state index contributed by atoms with van der Waals surface area (Å²) in [5.74, 6) is 0.349. The van der Waals surface area contributed by atoms with E-state index < -0.39 is 5.54 Å². The lowest BCUT2D eigenvalue weighted by Gasteiger charge is -2.41. The molecule has 5 rings (SSSR count). The maximum absolute atomic E-state index is 14.0. The number of carbonyl (C=O) groups is 1. The number of anilines is 1. The van der Waals surface area contributed by atoms with E-state index in [1.807, 2.05) is 26.0 Å². The van der Waals surface area contributed by atoms with Crippen LogP contribution in [0.15, 0.2) is 47.5 Å². The molecule has 2 spiro atoms. The van der Waals surface area contributed by atoms with Gasteiger partial charge in [-0.2, -0.15) is 0 Å². The van der Waals surface area contributed by atoms with Gasteiger partial charge in [-0.15, -0.1) is 0 Å². The first-order valence-electron chi connectivity index (χ1n) is 10.5. The quantitative estimate of drug-likeness (QED) is 0.736. The van der Waals surface area contributed by atoms with Crippen molar-refractivity contribution in [2.75, 3.05) is 5.73 Å². The topological polar surface area (TPSA) is 84.7 Å². The highest BCUT2D eigenvalue weighted by atomic mass is 16.2. The number of guanidine groups is 1. The minimum absolute atomic E-state index is 0.0142. The van der Waals surface area contributed by atoms with Crippen molar-refractivity contribution in [3.05, 3.63) is 64.7 Å². The van der Waals surface area contributed by atoms with Crippen molar-refractivity contribution in [1.82, 2.24) is 4.90 Å². The monoisotopic (exact) mass is 388 g/mol. The Labute approximate surface area is 171 Å².